The molecule has 3 aromatic rings. The van der Waals surface area contributed by atoms with Gasteiger partial charge < -0.3 is 14.2 Å². The van der Waals surface area contributed by atoms with Crippen LogP contribution in [0.1, 0.15) is 34.5 Å². The maximum Gasteiger partial charge on any atom is 0.274 e. The Kier molecular flexibility index (Phi) is 8.35. The highest BCUT2D eigenvalue weighted by atomic mass is 32.2. The van der Waals surface area contributed by atoms with Crippen LogP contribution in [0.25, 0.3) is 11.1 Å². The van der Waals surface area contributed by atoms with Crippen LogP contribution in [0, 0.1) is 11.6 Å². The third-order valence-electron chi connectivity index (χ3n) is 6.23. The van der Waals surface area contributed by atoms with Crippen molar-refractivity contribution in [2.24, 2.45) is 7.05 Å². The number of imidazole rings is 1. The molecule has 1 amide bonds. The van der Waals surface area contributed by atoms with Crippen molar-refractivity contribution in [3.63, 3.8) is 0 Å². The minimum absolute atomic E-state index is 0.00413. The zero-order chi connectivity index (χ0) is 26.6. The molecule has 8 nitrogen and oxygen atoms in total. The Morgan fingerprint density at radius 1 is 1.16 bits per heavy atom. The van der Waals surface area contributed by atoms with Crippen molar-refractivity contribution in [3.8, 4) is 11.1 Å². The number of rotatable bonds is 9. The van der Waals surface area contributed by atoms with E-state index in [9.17, 15) is 22.0 Å². The first-order valence-corrected chi connectivity index (χ1v) is 13.7. The minimum atomic E-state index is -3.66. The van der Waals surface area contributed by atoms with E-state index in [1.807, 2.05) is 0 Å². The summed E-state index contributed by atoms with van der Waals surface area (Å²) in [5, 5.41) is 0. The van der Waals surface area contributed by atoms with Gasteiger partial charge in [0.15, 0.2) is 0 Å². The van der Waals surface area contributed by atoms with Gasteiger partial charge in [0.05, 0.1) is 19.2 Å². The van der Waals surface area contributed by atoms with Crippen LogP contribution in [0.5, 0.6) is 0 Å². The fourth-order valence-electron chi connectivity index (χ4n) is 4.36. The van der Waals surface area contributed by atoms with E-state index in [-0.39, 0.29) is 42.6 Å². The van der Waals surface area contributed by atoms with E-state index in [0.29, 0.717) is 42.9 Å². The van der Waals surface area contributed by atoms with Crippen molar-refractivity contribution in [1.82, 2.24) is 14.5 Å². The number of carbonyl (C=O) groups is 1. The molecule has 1 aliphatic heterocycles. The summed E-state index contributed by atoms with van der Waals surface area (Å²) in [6, 6.07) is 8.72. The summed E-state index contributed by atoms with van der Waals surface area (Å²) in [5.74, 6) is -1.25. The molecule has 0 radical (unpaired) electrons. The molecular formula is C26H29F2N3O5S. The summed E-state index contributed by atoms with van der Waals surface area (Å²) in [7, 11) is -1.87. The normalized spacial score (nSPS) is 14.6. The predicted octanol–water partition coefficient (Wildman–Crippen LogP) is 3.71. The van der Waals surface area contributed by atoms with Crippen LogP contribution in [-0.2, 0) is 39.1 Å². The van der Waals surface area contributed by atoms with E-state index in [1.54, 1.807) is 41.2 Å². The Morgan fingerprint density at radius 3 is 2.57 bits per heavy atom. The monoisotopic (exact) mass is 533 g/mol. The number of hydrogen-bond acceptors (Lipinski definition) is 6. The molecular weight excluding hydrogens is 504 g/mol. The lowest BCUT2D eigenvalue weighted by Gasteiger charge is -2.34. The molecule has 0 bridgehead atoms. The maximum absolute atomic E-state index is 14.9. The number of hydrogen-bond donors (Lipinski definition) is 0. The summed E-state index contributed by atoms with van der Waals surface area (Å²) in [4.78, 5) is 19.3. The van der Waals surface area contributed by atoms with Crippen LogP contribution >= 0.6 is 0 Å². The molecule has 2 aromatic carbocycles. The van der Waals surface area contributed by atoms with Gasteiger partial charge in [0, 0.05) is 51.0 Å². The Morgan fingerprint density at radius 2 is 1.89 bits per heavy atom. The van der Waals surface area contributed by atoms with Gasteiger partial charge in [-0.25, -0.2) is 13.8 Å². The van der Waals surface area contributed by atoms with Gasteiger partial charge in [0.25, 0.3) is 16.0 Å². The molecule has 1 aromatic heterocycles. The molecule has 0 spiro atoms. The fourth-order valence-corrected chi connectivity index (χ4v) is 4.75. The van der Waals surface area contributed by atoms with Gasteiger partial charge in [-0.2, -0.15) is 8.42 Å². The zero-order valence-electron chi connectivity index (χ0n) is 20.7. The van der Waals surface area contributed by atoms with E-state index >= 15 is 0 Å². The quantitative estimate of drug-likeness (QED) is 0.390. The average Bonchev–Trinajstić information content (AvgIpc) is 3.30. The van der Waals surface area contributed by atoms with Crippen LogP contribution in [0.2, 0.25) is 0 Å². The van der Waals surface area contributed by atoms with Crippen molar-refractivity contribution in [3.05, 3.63) is 77.4 Å². The number of aromatic nitrogens is 2. The fraction of sp³-hybridized carbons (Fsp3) is 0.385. The van der Waals surface area contributed by atoms with Crippen LogP contribution in [-0.4, -0.2) is 60.9 Å². The largest absolute Gasteiger partial charge is 0.381 e. The zero-order valence-corrected chi connectivity index (χ0v) is 21.5. The van der Waals surface area contributed by atoms with E-state index in [0.717, 1.165) is 6.26 Å². The molecule has 37 heavy (non-hydrogen) atoms. The van der Waals surface area contributed by atoms with E-state index < -0.39 is 21.8 Å². The molecule has 0 unspecified atom stereocenters. The molecule has 1 aliphatic rings. The molecule has 1 saturated heterocycles. The van der Waals surface area contributed by atoms with Gasteiger partial charge in [0.2, 0.25) is 0 Å². The maximum atomic E-state index is 14.9. The van der Waals surface area contributed by atoms with Gasteiger partial charge in [-0.05, 0) is 53.8 Å². The molecule has 1 fully saturated rings. The third kappa shape index (κ3) is 7.00. The van der Waals surface area contributed by atoms with Gasteiger partial charge in [0.1, 0.15) is 17.3 Å². The molecule has 0 atom stereocenters. The van der Waals surface area contributed by atoms with Crippen molar-refractivity contribution >= 4 is 16.0 Å². The van der Waals surface area contributed by atoms with Gasteiger partial charge in [-0.1, -0.05) is 12.1 Å². The molecule has 0 aliphatic carbocycles. The van der Waals surface area contributed by atoms with Crippen LogP contribution in [0.4, 0.5) is 8.78 Å². The molecule has 4 rings (SSSR count). The Hall–Kier alpha value is -3.15. The molecule has 0 N–H and O–H groups in total. The molecule has 2 heterocycles. The first-order chi connectivity index (χ1) is 17.6. The molecule has 198 valence electrons. The third-order valence-corrected chi connectivity index (χ3v) is 6.82. The number of amides is 1. The van der Waals surface area contributed by atoms with Crippen molar-refractivity contribution < 1.29 is 30.9 Å². The van der Waals surface area contributed by atoms with Gasteiger partial charge in [-0.15, -0.1) is 0 Å². The Labute approximate surface area is 215 Å². The van der Waals surface area contributed by atoms with Crippen molar-refractivity contribution in [2.45, 2.75) is 31.8 Å². The number of carbonyl (C=O) groups excluding carboxylic acids is 1. The second-order valence-corrected chi connectivity index (χ2v) is 10.7. The van der Waals surface area contributed by atoms with Gasteiger partial charge >= 0.3 is 0 Å². The van der Waals surface area contributed by atoms with E-state index in [4.69, 9.17) is 8.92 Å². The first kappa shape index (κ1) is 26.9. The number of nitrogens with zero attached hydrogens (tertiary/aromatic N) is 3. The smallest absolute Gasteiger partial charge is 0.274 e. The van der Waals surface area contributed by atoms with Gasteiger partial charge in [-0.3, -0.25) is 8.98 Å². The summed E-state index contributed by atoms with van der Waals surface area (Å²) >= 11 is 0. The topological polar surface area (TPSA) is 90.7 Å². The highest BCUT2D eigenvalue weighted by Gasteiger charge is 2.28. The lowest BCUT2D eigenvalue weighted by molar-refractivity contribution is 0.0264. The second-order valence-electron chi connectivity index (χ2n) is 9.10. The van der Waals surface area contributed by atoms with Crippen LogP contribution in [0.15, 0.2) is 48.9 Å². The standard InChI is InChI=1S/C26H29F2N3O5S/c1-30-16-25(29-17-30)26(32)31(21-8-10-35-11-9-21)15-18-3-5-24(28)22(13-18)19-4-6-23(27)20(14-19)7-12-36-37(2,33)34/h3-6,13-14,16-17,21H,7-12,15H2,1-2H3. The SMILES string of the molecule is Cn1cnc(C(=O)N(Cc2ccc(F)c(-c3ccc(F)c(CCOS(C)(=O)=O)c3)c2)C2CCOCC2)c1. The number of ether oxygens (including phenoxy) is 1. The molecule has 11 heteroatoms. The summed E-state index contributed by atoms with van der Waals surface area (Å²) in [5.41, 5.74) is 1.93. The van der Waals surface area contributed by atoms with Crippen LogP contribution in [0.3, 0.4) is 0 Å². The lowest BCUT2D eigenvalue weighted by atomic mass is 9.98. The molecule has 0 saturated carbocycles. The van der Waals surface area contributed by atoms with Crippen molar-refractivity contribution in [1.29, 1.82) is 0 Å². The van der Waals surface area contributed by atoms with Crippen LogP contribution < -0.4 is 0 Å². The number of halogens is 2. The summed E-state index contributed by atoms with van der Waals surface area (Å²) < 4.78 is 63.6. The van der Waals surface area contributed by atoms with E-state index in [1.165, 1.54) is 24.3 Å². The second kappa shape index (κ2) is 11.5. The number of aryl methyl sites for hydroxylation is 1. The number of benzene rings is 2. The lowest BCUT2D eigenvalue weighted by Crippen LogP contribution is -2.43. The Bertz CT molecular complexity index is 1370. The minimum Gasteiger partial charge on any atom is -0.381 e. The predicted molar refractivity (Wildman–Crippen MR) is 133 cm³/mol. The summed E-state index contributed by atoms with van der Waals surface area (Å²) in [6.45, 7) is 1.11. The average molecular weight is 534 g/mol. The first-order valence-electron chi connectivity index (χ1n) is 11.9. The summed E-state index contributed by atoms with van der Waals surface area (Å²) in [6.07, 6.45) is 5.52. The highest BCUT2D eigenvalue weighted by Crippen LogP contribution is 2.28. The highest BCUT2D eigenvalue weighted by molar-refractivity contribution is 7.85. The Balaban J connectivity index is 1.60. The van der Waals surface area contributed by atoms with E-state index in [2.05, 4.69) is 4.98 Å². The van der Waals surface area contributed by atoms with Crippen molar-refractivity contribution in [2.75, 3.05) is 26.1 Å².